The number of nitro groups is 1. The number of nitro benzene ring substituents is 1. The van der Waals surface area contributed by atoms with E-state index in [9.17, 15) is 14.9 Å². The fourth-order valence-corrected chi connectivity index (χ4v) is 3.44. The second-order valence-electron chi connectivity index (χ2n) is 6.06. The zero-order valence-corrected chi connectivity index (χ0v) is 18.5. The summed E-state index contributed by atoms with van der Waals surface area (Å²) in [5.74, 6) is 0.451. The van der Waals surface area contributed by atoms with Gasteiger partial charge in [-0.25, -0.2) is 0 Å². The minimum absolute atomic E-state index is 0.0286. The van der Waals surface area contributed by atoms with Gasteiger partial charge in [-0.05, 0) is 54.7 Å². The van der Waals surface area contributed by atoms with Gasteiger partial charge in [0.1, 0.15) is 11.5 Å². The zero-order chi connectivity index (χ0) is 22.5. The molecule has 0 radical (unpaired) electrons. The molecule has 7 nitrogen and oxygen atoms in total. The van der Waals surface area contributed by atoms with Gasteiger partial charge >= 0.3 is 0 Å². The standard InChI is InChI=1S/C20H12Cl3N3O4S/c21-12-7-11(8-13(22)9-12)18-5-2-15(30-18)3-6-19(27)25-20(31)24-17-4-1-14(26(28)29)10-16(17)23/h1-10H,(H2,24,25,27,31)/b6-3+. The number of nitrogens with zero attached hydrogens (tertiary/aromatic N) is 1. The van der Waals surface area contributed by atoms with E-state index in [0.29, 0.717) is 32.8 Å². The lowest BCUT2D eigenvalue weighted by atomic mass is 10.2. The van der Waals surface area contributed by atoms with Crippen molar-refractivity contribution >= 4 is 75.5 Å². The number of hydrogen-bond donors (Lipinski definition) is 2. The Bertz CT molecular complexity index is 1190. The third-order valence-electron chi connectivity index (χ3n) is 3.82. The van der Waals surface area contributed by atoms with Gasteiger partial charge < -0.3 is 9.73 Å². The molecule has 0 aliphatic carbocycles. The fraction of sp³-hybridized carbons (Fsp3) is 0. The molecule has 0 unspecified atom stereocenters. The second-order valence-corrected chi connectivity index (χ2v) is 7.75. The lowest BCUT2D eigenvalue weighted by Crippen LogP contribution is -2.32. The third-order valence-corrected chi connectivity index (χ3v) is 4.77. The third kappa shape index (κ3) is 6.28. The van der Waals surface area contributed by atoms with Crippen LogP contribution >= 0.6 is 47.0 Å². The van der Waals surface area contributed by atoms with E-state index in [1.54, 1.807) is 30.3 Å². The molecular formula is C20H12Cl3N3O4S. The Balaban J connectivity index is 1.60. The van der Waals surface area contributed by atoms with Gasteiger partial charge in [0, 0.05) is 33.8 Å². The first-order valence-electron chi connectivity index (χ1n) is 8.51. The normalized spacial score (nSPS) is 10.8. The van der Waals surface area contributed by atoms with E-state index in [0.717, 1.165) is 0 Å². The summed E-state index contributed by atoms with van der Waals surface area (Å²) >= 11 is 23.0. The molecule has 0 saturated carbocycles. The van der Waals surface area contributed by atoms with Crippen LogP contribution in [0.1, 0.15) is 5.76 Å². The van der Waals surface area contributed by atoms with Crippen molar-refractivity contribution in [1.82, 2.24) is 5.32 Å². The average Bonchev–Trinajstić information content (AvgIpc) is 3.16. The quantitative estimate of drug-likeness (QED) is 0.185. The van der Waals surface area contributed by atoms with E-state index in [1.165, 1.54) is 30.4 Å². The van der Waals surface area contributed by atoms with Gasteiger partial charge in [-0.3, -0.25) is 20.2 Å². The van der Waals surface area contributed by atoms with Crippen LogP contribution < -0.4 is 10.6 Å². The number of non-ortho nitro benzene ring substituents is 1. The number of benzene rings is 2. The maximum absolute atomic E-state index is 12.1. The van der Waals surface area contributed by atoms with Crippen molar-refractivity contribution < 1.29 is 14.1 Å². The number of carbonyl (C=O) groups excluding carboxylic acids is 1. The van der Waals surface area contributed by atoms with Crippen molar-refractivity contribution in [2.75, 3.05) is 5.32 Å². The van der Waals surface area contributed by atoms with E-state index < -0.39 is 10.8 Å². The lowest BCUT2D eigenvalue weighted by molar-refractivity contribution is -0.384. The lowest BCUT2D eigenvalue weighted by Gasteiger charge is -2.09. The number of halogens is 3. The summed E-state index contributed by atoms with van der Waals surface area (Å²) in [5.41, 5.74) is 0.857. The van der Waals surface area contributed by atoms with E-state index in [2.05, 4.69) is 10.6 Å². The molecule has 1 heterocycles. The number of carbonyl (C=O) groups is 1. The SMILES string of the molecule is O=C(/C=C/c1ccc(-c2cc(Cl)cc(Cl)c2)o1)NC(=S)Nc1ccc([N+](=O)[O-])cc1Cl. The molecule has 3 aromatic rings. The van der Waals surface area contributed by atoms with Crippen LogP contribution in [0.2, 0.25) is 15.1 Å². The van der Waals surface area contributed by atoms with Crippen molar-refractivity contribution in [2.45, 2.75) is 0 Å². The highest BCUT2D eigenvalue weighted by atomic mass is 35.5. The van der Waals surface area contributed by atoms with Gasteiger partial charge in [0.2, 0.25) is 5.91 Å². The topological polar surface area (TPSA) is 97.4 Å². The van der Waals surface area contributed by atoms with Crippen LogP contribution in [0.15, 0.2) is 59.0 Å². The number of furan rings is 1. The predicted molar refractivity (Wildman–Crippen MR) is 126 cm³/mol. The summed E-state index contributed by atoms with van der Waals surface area (Å²) in [4.78, 5) is 22.3. The van der Waals surface area contributed by atoms with Crippen LogP contribution in [0.25, 0.3) is 17.4 Å². The molecule has 0 bridgehead atoms. The largest absolute Gasteiger partial charge is 0.457 e. The maximum atomic E-state index is 12.1. The molecule has 3 rings (SSSR count). The Morgan fingerprint density at radius 1 is 1.06 bits per heavy atom. The van der Waals surface area contributed by atoms with Crippen molar-refractivity contribution in [1.29, 1.82) is 0 Å². The summed E-state index contributed by atoms with van der Waals surface area (Å²) < 4.78 is 5.67. The molecule has 0 fully saturated rings. The summed E-state index contributed by atoms with van der Waals surface area (Å²) in [5, 5.41) is 16.9. The minimum atomic E-state index is -0.568. The first-order chi connectivity index (χ1) is 14.7. The van der Waals surface area contributed by atoms with E-state index in [1.807, 2.05) is 0 Å². The van der Waals surface area contributed by atoms with E-state index >= 15 is 0 Å². The van der Waals surface area contributed by atoms with Gasteiger partial charge in [-0.1, -0.05) is 34.8 Å². The van der Waals surface area contributed by atoms with Crippen LogP contribution in [0, 0.1) is 10.1 Å². The molecule has 11 heteroatoms. The summed E-state index contributed by atoms with van der Waals surface area (Å²) in [6.07, 6.45) is 2.70. The van der Waals surface area contributed by atoms with Crippen LogP contribution in [-0.2, 0) is 4.79 Å². The van der Waals surface area contributed by atoms with Gasteiger partial charge in [-0.2, -0.15) is 0 Å². The van der Waals surface area contributed by atoms with Crippen molar-refractivity contribution in [3.8, 4) is 11.3 Å². The molecule has 0 aliphatic heterocycles. The zero-order valence-electron chi connectivity index (χ0n) is 15.4. The first-order valence-corrected chi connectivity index (χ1v) is 10.1. The summed E-state index contributed by atoms with van der Waals surface area (Å²) in [7, 11) is 0. The highest BCUT2D eigenvalue weighted by Crippen LogP contribution is 2.29. The Kier molecular flexibility index (Phi) is 7.29. The highest BCUT2D eigenvalue weighted by molar-refractivity contribution is 7.80. The van der Waals surface area contributed by atoms with Crippen molar-refractivity contribution in [2.24, 2.45) is 0 Å². The van der Waals surface area contributed by atoms with Gasteiger partial charge in [0.05, 0.1) is 15.6 Å². The molecule has 2 N–H and O–H groups in total. The fourth-order valence-electron chi connectivity index (χ4n) is 2.48. The number of rotatable bonds is 5. The second kappa shape index (κ2) is 9.93. The number of hydrogen-bond acceptors (Lipinski definition) is 5. The number of thiocarbonyl (C=S) groups is 1. The smallest absolute Gasteiger partial charge is 0.271 e. The Morgan fingerprint density at radius 3 is 2.42 bits per heavy atom. The van der Waals surface area contributed by atoms with E-state index in [-0.39, 0.29) is 15.8 Å². The van der Waals surface area contributed by atoms with Crippen LogP contribution in [0.5, 0.6) is 0 Å². The molecule has 1 amide bonds. The molecule has 1 aromatic heterocycles. The van der Waals surface area contributed by atoms with Crippen LogP contribution in [0.3, 0.4) is 0 Å². The number of anilines is 1. The summed E-state index contributed by atoms with van der Waals surface area (Å²) in [6, 6.07) is 12.3. The van der Waals surface area contributed by atoms with Gasteiger partial charge in [0.25, 0.3) is 5.69 Å². The predicted octanol–water partition coefficient (Wildman–Crippen LogP) is 6.34. The average molecular weight is 497 g/mol. The molecule has 31 heavy (non-hydrogen) atoms. The first kappa shape index (κ1) is 22.8. The molecular weight excluding hydrogens is 485 g/mol. The summed E-state index contributed by atoms with van der Waals surface area (Å²) in [6.45, 7) is 0. The highest BCUT2D eigenvalue weighted by Gasteiger charge is 2.11. The number of nitrogens with one attached hydrogen (secondary N) is 2. The maximum Gasteiger partial charge on any atom is 0.271 e. The van der Waals surface area contributed by atoms with Crippen LogP contribution in [-0.4, -0.2) is 15.9 Å². The minimum Gasteiger partial charge on any atom is -0.457 e. The molecule has 158 valence electrons. The number of amides is 1. The Morgan fingerprint density at radius 2 is 1.77 bits per heavy atom. The molecule has 2 aromatic carbocycles. The Labute approximate surface area is 196 Å². The molecule has 0 atom stereocenters. The van der Waals surface area contributed by atoms with Gasteiger partial charge in [0.15, 0.2) is 5.11 Å². The molecule has 0 spiro atoms. The van der Waals surface area contributed by atoms with Crippen molar-refractivity contribution in [3.05, 3.63) is 85.5 Å². The molecule has 0 saturated heterocycles. The Hall–Kier alpha value is -2.91. The monoisotopic (exact) mass is 495 g/mol. The van der Waals surface area contributed by atoms with E-state index in [4.69, 9.17) is 51.4 Å². The van der Waals surface area contributed by atoms with Gasteiger partial charge in [-0.15, -0.1) is 0 Å². The van der Waals surface area contributed by atoms with Crippen molar-refractivity contribution in [3.63, 3.8) is 0 Å². The molecule has 0 aliphatic rings. The van der Waals surface area contributed by atoms with Crippen LogP contribution in [0.4, 0.5) is 11.4 Å².